The SMILES string of the molecule is C=CCCCCCC[n+]1cccc(C2CCCN2C)c1. The molecule has 0 N–H and O–H groups in total. The summed E-state index contributed by atoms with van der Waals surface area (Å²) in [7, 11) is 2.24. The van der Waals surface area contributed by atoms with E-state index in [1.165, 1.54) is 50.6 Å². The van der Waals surface area contributed by atoms with Gasteiger partial charge in [-0.05, 0) is 51.8 Å². The molecule has 1 saturated heterocycles. The third-order valence-electron chi connectivity index (χ3n) is 4.36. The summed E-state index contributed by atoms with van der Waals surface area (Å²) >= 11 is 0. The lowest BCUT2D eigenvalue weighted by atomic mass is 10.1. The van der Waals surface area contributed by atoms with Crippen molar-refractivity contribution in [2.75, 3.05) is 13.6 Å². The molecule has 2 heterocycles. The number of pyridine rings is 1. The van der Waals surface area contributed by atoms with Crippen LogP contribution in [0.3, 0.4) is 0 Å². The van der Waals surface area contributed by atoms with Crippen molar-refractivity contribution in [3.8, 4) is 0 Å². The summed E-state index contributed by atoms with van der Waals surface area (Å²) in [6.07, 6.45) is 15.6. The molecule has 1 aromatic rings. The maximum Gasteiger partial charge on any atom is 0.173 e. The Morgan fingerprint density at radius 3 is 2.95 bits per heavy atom. The molecule has 2 heteroatoms. The first-order valence-electron chi connectivity index (χ1n) is 8.11. The Hall–Kier alpha value is -1.15. The fourth-order valence-electron chi connectivity index (χ4n) is 3.15. The zero-order valence-electron chi connectivity index (χ0n) is 12.9. The van der Waals surface area contributed by atoms with Crippen molar-refractivity contribution < 1.29 is 4.57 Å². The number of likely N-dealkylation sites (tertiary alicyclic amines) is 1. The van der Waals surface area contributed by atoms with Gasteiger partial charge in [0.1, 0.15) is 6.54 Å². The minimum Gasteiger partial charge on any atom is -0.299 e. The lowest BCUT2D eigenvalue weighted by Crippen LogP contribution is -2.34. The van der Waals surface area contributed by atoms with Crippen LogP contribution < -0.4 is 4.57 Å². The number of hydrogen-bond acceptors (Lipinski definition) is 1. The first-order valence-corrected chi connectivity index (χ1v) is 8.11. The Bertz CT molecular complexity index is 414. The van der Waals surface area contributed by atoms with Crippen molar-refractivity contribution in [1.82, 2.24) is 4.90 Å². The first-order chi connectivity index (χ1) is 9.81. The van der Waals surface area contributed by atoms with Crippen LogP contribution in [-0.4, -0.2) is 18.5 Å². The van der Waals surface area contributed by atoms with Crippen LogP contribution in [0, 0.1) is 0 Å². The van der Waals surface area contributed by atoms with Gasteiger partial charge in [0.25, 0.3) is 0 Å². The highest BCUT2D eigenvalue weighted by Gasteiger charge is 2.24. The largest absolute Gasteiger partial charge is 0.299 e. The molecular formula is C18H29N2+. The number of nitrogens with zero attached hydrogens (tertiary/aromatic N) is 2. The van der Waals surface area contributed by atoms with Gasteiger partial charge < -0.3 is 0 Å². The second-order valence-electron chi connectivity index (χ2n) is 6.01. The van der Waals surface area contributed by atoms with E-state index in [0.29, 0.717) is 6.04 Å². The van der Waals surface area contributed by atoms with Crippen molar-refractivity contribution in [3.63, 3.8) is 0 Å². The molecule has 0 saturated carbocycles. The quantitative estimate of drug-likeness (QED) is 0.396. The topological polar surface area (TPSA) is 7.12 Å². The highest BCUT2D eigenvalue weighted by Crippen LogP contribution is 2.29. The van der Waals surface area contributed by atoms with Gasteiger partial charge >= 0.3 is 0 Å². The van der Waals surface area contributed by atoms with Crippen molar-refractivity contribution in [2.45, 2.75) is 57.5 Å². The molecule has 0 radical (unpaired) electrons. The van der Waals surface area contributed by atoms with Gasteiger partial charge in [-0.1, -0.05) is 12.5 Å². The van der Waals surface area contributed by atoms with E-state index in [0.717, 1.165) is 13.0 Å². The van der Waals surface area contributed by atoms with Crippen LogP contribution in [0.25, 0.3) is 0 Å². The van der Waals surface area contributed by atoms with E-state index in [4.69, 9.17) is 0 Å². The number of unbranched alkanes of at least 4 members (excludes halogenated alkanes) is 4. The lowest BCUT2D eigenvalue weighted by Gasteiger charge is -2.18. The summed E-state index contributed by atoms with van der Waals surface area (Å²) in [6.45, 7) is 6.16. The molecule has 1 unspecified atom stereocenters. The standard InChI is InChI=1S/C18H29N2/c1-3-4-5-6-7-8-14-20-15-9-11-17(16-20)18-12-10-13-19(18)2/h3,9,11,15-16,18H,1,4-8,10,12-14H2,2H3/q+1. The fraction of sp³-hybridized carbons (Fsp3) is 0.611. The van der Waals surface area contributed by atoms with Gasteiger partial charge in [0.15, 0.2) is 12.4 Å². The Kier molecular flexibility index (Phi) is 6.25. The maximum absolute atomic E-state index is 3.77. The van der Waals surface area contributed by atoms with E-state index in [2.05, 4.69) is 47.6 Å². The average molecular weight is 273 g/mol. The molecule has 0 aromatic carbocycles. The maximum atomic E-state index is 3.77. The van der Waals surface area contributed by atoms with Crippen LogP contribution in [0.15, 0.2) is 37.2 Å². The predicted molar refractivity (Wildman–Crippen MR) is 84.5 cm³/mol. The summed E-state index contributed by atoms with van der Waals surface area (Å²) in [6, 6.07) is 5.13. The normalized spacial score (nSPS) is 19.4. The minimum absolute atomic E-state index is 0.634. The summed E-state index contributed by atoms with van der Waals surface area (Å²) in [4.78, 5) is 2.48. The predicted octanol–water partition coefficient (Wildman–Crippen LogP) is 3.88. The molecule has 20 heavy (non-hydrogen) atoms. The van der Waals surface area contributed by atoms with Gasteiger partial charge in [0.05, 0.1) is 0 Å². The van der Waals surface area contributed by atoms with E-state index >= 15 is 0 Å². The van der Waals surface area contributed by atoms with Gasteiger partial charge in [-0.2, -0.15) is 0 Å². The van der Waals surface area contributed by atoms with Crippen LogP contribution in [0.5, 0.6) is 0 Å². The van der Waals surface area contributed by atoms with E-state index in [1.807, 2.05) is 6.08 Å². The molecule has 0 amide bonds. The minimum atomic E-state index is 0.634. The van der Waals surface area contributed by atoms with E-state index < -0.39 is 0 Å². The zero-order chi connectivity index (χ0) is 14.2. The third kappa shape index (κ3) is 4.45. The highest BCUT2D eigenvalue weighted by molar-refractivity contribution is 5.12. The summed E-state index contributed by atoms with van der Waals surface area (Å²) in [5, 5.41) is 0. The number of hydrogen-bond donors (Lipinski definition) is 0. The zero-order valence-corrected chi connectivity index (χ0v) is 12.9. The lowest BCUT2D eigenvalue weighted by molar-refractivity contribution is -0.697. The van der Waals surface area contributed by atoms with Crippen LogP contribution in [0.1, 0.15) is 56.6 Å². The van der Waals surface area contributed by atoms with Crippen LogP contribution >= 0.6 is 0 Å². The van der Waals surface area contributed by atoms with Gasteiger partial charge in [-0.3, -0.25) is 4.90 Å². The molecule has 1 aromatic heterocycles. The Morgan fingerprint density at radius 1 is 1.35 bits per heavy atom. The molecule has 0 aliphatic carbocycles. The van der Waals surface area contributed by atoms with Crippen molar-refractivity contribution in [3.05, 3.63) is 42.7 Å². The molecule has 110 valence electrons. The first kappa shape index (κ1) is 15.2. The van der Waals surface area contributed by atoms with Crippen LogP contribution in [-0.2, 0) is 6.54 Å². The Labute approximate surface area is 124 Å². The Morgan fingerprint density at radius 2 is 2.20 bits per heavy atom. The molecule has 1 aliphatic heterocycles. The summed E-state index contributed by atoms with van der Waals surface area (Å²) in [5.41, 5.74) is 1.49. The van der Waals surface area contributed by atoms with Gasteiger partial charge in [0.2, 0.25) is 0 Å². The molecule has 0 spiro atoms. The third-order valence-corrected chi connectivity index (χ3v) is 4.36. The summed E-state index contributed by atoms with van der Waals surface area (Å²) < 4.78 is 2.37. The number of aromatic nitrogens is 1. The molecule has 1 atom stereocenters. The van der Waals surface area contributed by atoms with Crippen LogP contribution in [0.4, 0.5) is 0 Å². The molecular weight excluding hydrogens is 244 g/mol. The number of rotatable bonds is 8. The van der Waals surface area contributed by atoms with Crippen molar-refractivity contribution in [2.24, 2.45) is 0 Å². The van der Waals surface area contributed by atoms with Crippen molar-refractivity contribution >= 4 is 0 Å². The van der Waals surface area contributed by atoms with Gasteiger partial charge in [-0.25, -0.2) is 4.57 Å². The monoisotopic (exact) mass is 273 g/mol. The van der Waals surface area contributed by atoms with Gasteiger partial charge in [0, 0.05) is 24.1 Å². The summed E-state index contributed by atoms with van der Waals surface area (Å²) in [5.74, 6) is 0. The second-order valence-corrected chi connectivity index (χ2v) is 6.01. The highest BCUT2D eigenvalue weighted by atomic mass is 15.1. The van der Waals surface area contributed by atoms with Gasteiger partial charge in [-0.15, -0.1) is 6.58 Å². The smallest absolute Gasteiger partial charge is 0.173 e. The molecule has 1 fully saturated rings. The fourth-order valence-corrected chi connectivity index (χ4v) is 3.15. The van der Waals surface area contributed by atoms with E-state index in [1.54, 1.807) is 0 Å². The average Bonchev–Trinajstić information content (AvgIpc) is 2.89. The molecule has 2 nitrogen and oxygen atoms in total. The Balaban J connectivity index is 1.79. The number of allylic oxidation sites excluding steroid dienone is 1. The molecule has 2 rings (SSSR count). The van der Waals surface area contributed by atoms with E-state index in [-0.39, 0.29) is 0 Å². The van der Waals surface area contributed by atoms with Crippen molar-refractivity contribution in [1.29, 1.82) is 0 Å². The molecule has 0 bridgehead atoms. The second kappa shape index (κ2) is 8.21. The van der Waals surface area contributed by atoms with E-state index in [9.17, 15) is 0 Å². The number of aryl methyl sites for hydroxylation is 1. The molecule has 1 aliphatic rings. The van der Waals surface area contributed by atoms with Crippen LogP contribution in [0.2, 0.25) is 0 Å².